The lowest BCUT2D eigenvalue weighted by molar-refractivity contribution is 0.203. The van der Waals surface area contributed by atoms with Gasteiger partial charge in [-0.05, 0) is 56.5 Å². The zero-order valence-corrected chi connectivity index (χ0v) is 13.8. The van der Waals surface area contributed by atoms with E-state index in [-0.39, 0.29) is 0 Å². The first-order chi connectivity index (χ1) is 10.8. The van der Waals surface area contributed by atoms with Gasteiger partial charge in [-0.25, -0.2) is 9.97 Å². The Hall–Kier alpha value is -1.46. The summed E-state index contributed by atoms with van der Waals surface area (Å²) < 4.78 is 0. The van der Waals surface area contributed by atoms with Gasteiger partial charge in [0, 0.05) is 31.4 Å². The summed E-state index contributed by atoms with van der Waals surface area (Å²) in [7, 11) is 1.90. The standard InChI is InChI=1S/C17H22N4S/c1-18-16-10-13(4-7-19-16)15-11-20-17(22-15)12-5-8-21(9-6-12)14-2-3-14/h4,7,10-12,14H,2-3,5-6,8-9H2,1H3,(H,18,19). The van der Waals surface area contributed by atoms with Crippen LogP contribution >= 0.6 is 11.3 Å². The summed E-state index contributed by atoms with van der Waals surface area (Å²) >= 11 is 1.85. The van der Waals surface area contributed by atoms with Crippen LogP contribution in [0.1, 0.15) is 36.6 Å². The number of nitrogens with zero attached hydrogens (tertiary/aromatic N) is 3. The Kier molecular flexibility index (Phi) is 3.84. The number of likely N-dealkylation sites (tertiary alicyclic amines) is 1. The fraction of sp³-hybridized carbons (Fsp3) is 0.529. The van der Waals surface area contributed by atoms with Crippen molar-refractivity contribution < 1.29 is 0 Å². The van der Waals surface area contributed by atoms with Crippen LogP contribution in [0, 0.1) is 0 Å². The number of nitrogens with one attached hydrogen (secondary N) is 1. The molecule has 0 spiro atoms. The smallest absolute Gasteiger partial charge is 0.126 e. The number of anilines is 1. The van der Waals surface area contributed by atoms with Crippen LogP contribution in [-0.4, -0.2) is 41.0 Å². The van der Waals surface area contributed by atoms with Crippen molar-refractivity contribution in [3.8, 4) is 10.4 Å². The van der Waals surface area contributed by atoms with Gasteiger partial charge in [0.05, 0.1) is 9.88 Å². The van der Waals surface area contributed by atoms with E-state index in [1.807, 2.05) is 30.8 Å². The second-order valence-electron chi connectivity index (χ2n) is 6.28. The number of rotatable bonds is 4. The molecular weight excluding hydrogens is 292 g/mol. The Balaban J connectivity index is 1.46. The minimum absolute atomic E-state index is 0.652. The first-order valence-corrected chi connectivity index (χ1v) is 8.99. The van der Waals surface area contributed by atoms with Gasteiger partial charge in [0.1, 0.15) is 5.82 Å². The topological polar surface area (TPSA) is 41.1 Å². The Morgan fingerprint density at radius 3 is 2.73 bits per heavy atom. The van der Waals surface area contributed by atoms with Crippen LogP contribution in [0.2, 0.25) is 0 Å². The quantitative estimate of drug-likeness (QED) is 0.936. The van der Waals surface area contributed by atoms with E-state index in [9.17, 15) is 0 Å². The molecule has 1 saturated heterocycles. The predicted molar refractivity (Wildman–Crippen MR) is 91.5 cm³/mol. The molecule has 0 radical (unpaired) electrons. The van der Waals surface area contributed by atoms with Gasteiger partial charge in [-0.15, -0.1) is 11.3 Å². The van der Waals surface area contributed by atoms with Crippen molar-refractivity contribution in [1.29, 1.82) is 0 Å². The molecule has 3 heterocycles. The number of thiazole rings is 1. The van der Waals surface area contributed by atoms with Crippen LogP contribution in [0.4, 0.5) is 5.82 Å². The summed E-state index contributed by atoms with van der Waals surface area (Å²) in [5, 5.41) is 4.41. The third-order valence-electron chi connectivity index (χ3n) is 4.77. The molecule has 0 atom stereocenters. The van der Waals surface area contributed by atoms with Crippen LogP contribution in [0.3, 0.4) is 0 Å². The molecule has 0 amide bonds. The van der Waals surface area contributed by atoms with E-state index < -0.39 is 0 Å². The van der Waals surface area contributed by atoms with E-state index in [1.165, 1.54) is 54.2 Å². The highest BCUT2D eigenvalue weighted by Gasteiger charge is 2.32. The van der Waals surface area contributed by atoms with Crippen molar-refractivity contribution in [3.63, 3.8) is 0 Å². The van der Waals surface area contributed by atoms with Gasteiger partial charge < -0.3 is 10.2 Å². The minimum Gasteiger partial charge on any atom is -0.373 e. The first-order valence-electron chi connectivity index (χ1n) is 8.17. The fourth-order valence-electron chi connectivity index (χ4n) is 3.28. The Morgan fingerprint density at radius 2 is 2.00 bits per heavy atom. The molecule has 0 bridgehead atoms. The molecule has 2 aromatic rings. The number of piperidine rings is 1. The van der Waals surface area contributed by atoms with Gasteiger partial charge in [-0.1, -0.05) is 0 Å². The molecule has 0 aromatic carbocycles. The Bertz CT molecular complexity index is 642. The second-order valence-corrected chi connectivity index (χ2v) is 7.35. The zero-order valence-electron chi connectivity index (χ0n) is 13.0. The lowest BCUT2D eigenvalue weighted by Gasteiger charge is -2.30. The number of aromatic nitrogens is 2. The lowest BCUT2D eigenvalue weighted by Crippen LogP contribution is -2.34. The van der Waals surface area contributed by atoms with Crippen molar-refractivity contribution in [3.05, 3.63) is 29.5 Å². The van der Waals surface area contributed by atoms with E-state index in [1.54, 1.807) is 0 Å². The molecule has 22 heavy (non-hydrogen) atoms. The molecule has 2 aliphatic rings. The summed E-state index contributed by atoms with van der Waals surface area (Å²) in [5.74, 6) is 1.56. The van der Waals surface area contributed by atoms with E-state index in [2.05, 4.69) is 27.3 Å². The number of pyridine rings is 1. The minimum atomic E-state index is 0.652. The molecule has 2 aromatic heterocycles. The highest BCUT2D eigenvalue weighted by molar-refractivity contribution is 7.15. The van der Waals surface area contributed by atoms with Crippen LogP contribution in [-0.2, 0) is 0 Å². The summed E-state index contributed by atoms with van der Waals surface area (Å²) in [6, 6.07) is 5.06. The van der Waals surface area contributed by atoms with Crippen molar-refractivity contribution in [1.82, 2.24) is 14.9 Å². The summed E-state index contributed by atoms with van der Waals surface area (Å²) in [6.45, 7) is 2.51. The molecule has 2 fully saturated rings. The van der Waals surface area contributed by atoms with Gasteiger partial charge in [0.15, 0.2) is 0 Å². The highest BCUT2D eigenvalue weighted by Crippen LogP contribution is 2.37. The molecule has 1 aliphatic heterocycles. The number of hydrogen-bond acceptors (Lipinski definition) is 5. The molecule has 1 aliphatic carbocycles. The van der Waals surface area contributed by atoms with Gasteiger partial charge in [0.2, 0.25) is 0 Å². The SMILES string of the molecule is CNc1cc(-c2cnc(C3CCN(C4CC4)CC3)s2)ccn1. The van der Waals surface area contributed by atoms with Crippen LogP contribution in [0.25, 0.3) is 10.4 Å². The molecule has 4 rings (SSSR count). The number of hydrogen-bond donors (Lipinski definition) is 1. The highest BCUT2D eigenvalue weighted by atomic mass is 32.1. The molecule has 0 unspecified atom stereocenters. The molecule has 1 N–H and O–H groups in total. The maximum absolute atomic E-state index is 4.72. The van der Waals surface area contributed by atoms with Gasteiger partial charge in [-0.2, -0.15) is 0 Å². The largest absolute Gasteiger partial charge is 0.373 e. The summed E-state index contributed by atoms with van der Waals surface area (Å²) in [5.41, 5.74) is 1.21. The maximum Gasteiger partial charge on any atom is 0.126 e. The summed E-state index contributed by atoms with van der Waals surface area (Å²) in [6.07, 6.45) is 9.25. The van der Waals surface area contributed by atoms with E-state index in [0.717, 1.165) is 11.9 Å². The predicted octanol–water partition coefficient (Wildman–Crippen LogP) is 3.59. The first kappa shape index (κ1) is 14.2. The lowest BCUT2D eigenvalue weighted by atomic mass is 9.97. The summed E-state index contributed by atoms with van der Waals surface area (Å²) in [4.78, 5) is 12.9. The van der Waals surface area contributed by atoms with E-state index in [4.69, 9.17) is 4.98 Å². The van der Waals surface area contributed by atoms with E-state index in [0.29, 0.717) is 5.92 Å². The average molecular weight is 314 g/mol. The van der Waals surface area contributed by atoms with Gasteiger partial charge >= 0.3 is 0 Å². The Morgan fingerprint density at radius 1 is 1.18 bits per heavy atom. The Labute approximate surface area is 135 Å². The van der Waals surface area contributed by atoms with Gasteiger partial charge in [0.25, 0.3) is 0 Å². The molecular formula is C17H22N4S. The van der Waals surface area contributed by atoms with Gasteiger partial charge in [-0.3, -0.25) is 0 Å². The fourth-order valence-corrected chi connectivity index (χ4v) is 4.36. The van der Waals surface area contributed by atoms with Crippen LogP contribution < -0.4 is 5.32 Å². The zero-order chi connectivity index (χ0) is 14.9. The van der Waals surface area contributed by atoms with Crippen molar-refractivity contribution in [2.24, 2.45) is 0 Å². The molecule has 116 valence electrons. The van der Waals surface area contributed by atoms with Crippen LogP contribution in [0.15, 0.2) is 24.5 Å². The van der Waals surface area contributed by atoms with Crippen LogP contribution in [0.5, 0.6) is 0 Å². The third-order valence-corrected chi connectivity index (χ3v) is 5.98. The molecule has 4 nitrogen and oxygen atoms in total. The van der Waals surface area contributed by atoms with Crippen molar-refractivity contribution in [2.45, 2.75) is 37.6 Å². The average Bonchev–Trinajstić information content (AvgIpc) is 3.32. The van der Waals surface area contributed by atoms with E-state index >= 15 is 0 Å². The maximum atomic E-state index is 4.72. The monoisotopic (exact) mass is 314 g/mol. The van der Waals surface area contributed by atoms with Crippen molar-refractivity contribution >= 4 is 17.2 Å². The molecule has 1 saturated carbocycles. The molecule has 5 heteroatoms. The second kappa shape index (κ2) is 5.97. The normalized spacial score (nSPS) is 20.2. The van der Waals surface area contributed by atoms with Crippen molar-refractivity contribution in [2.75, 3.05) is 25.5 Å². The third kappa shape index (κ3) is 2.88.